The third-order valence-corrected chi connectivity index (χ3v) is 14.8. The fourth-order valence-corrected chi connectivity index (χ4v) is 10.9. The minimum Gasteiger partial charge on any atom is -0.481 e. The number of rotatable bonds is 12. The van der Waals surface area contributed by atoms with Crippen LogP contribution in [-0.4, -0.2) is 97.7 Å². The topological polar surface area (TPSA) is 161 Å². The van der Waals surface area contributed by atoms with Gasteiger partial charge in [0.25, 0.3) is 0 Å². The zero-order valence-corrected chi connectivity index (χ0v) is 34.8. The zero-order valence-electron chi connectivity index (χ0n) is 34.8. The van der Waals surface area contributed by atoms with Crippen LogP contribution in [0.5, 0.6) is 0 Å². The lowest BCUT2D eigenvalue weighted by Crippen LogP contribution is -2.63. The van der Waals surface area contributed by atoms with E-state index in [0.29, 0.717) is 51.4 Å². The van der Waals surface area contributed by atoms with Gasteiger partial charge >= 0.3 is 5.97 Å². The number of carboxylic acids is 1. The van der Waals surface area contributed by atoms with Crippen LogP contribution in [0, 0.1) is 47.3 Å². The minimum atomic E-state index is -1.37. The summed E-state index contributed by atoms with van der Waals surface area (Å²) in [6.45, 7) is 21.7. The molecule has 5 heterocycles. The number of Topliss-reactive ketones (excluding diaryl/α,β-unsaturated/α-hetero) is 1. The fourth-order valence-electron chi connectivity index (χ4n) is 10.9. The van der Waals surface area contributed by atoms with Crippen LogP contribution in [-0.2, 0) is 33.3 Å². The van der Waals surface area contributed by atoms with Crippen LogP contribution in [0.3, 0.4) is 0 Å². The molecule has 0 saturated carbocycles. The van der Waals surface area contributed by atoms with Crippen LogP contribution < -0.4 is 0 Å². The first-order valence-corrected chi connectivity index (χ1v) is 21.1. The second kappa shape index (κ2) is 16.4. The monoisotopic (exact) mass is 765 g/mol. The van der Waals surface area contributed by atoms with E-state index in [2.05, 4.69) is 20.8 Å². The molecule has 0 aliphatic carbocycles. The molecule has 11 nitrogen and oxygen atoms in total. The van der Waals surface area contributed by atoms with Crippen molar-refractivity contribution < 1.29 is 53.7 Å². The smallest absolute Gasteiger partial charge is 0.309 e. The van der Waals surface area contributed by atoms with E-state index in [0.717, 1.165) is 6.42 Å². The van der Waals surface area contributed by atoms with Gasteiger partial charge in [-0.25, -0.2) is 0 Å². The Kier molecular flexibility index (Phi) is 13.3. The zero-order chi connectivity index (χ0) is 40.1. The van der Waals surface area contributed by atoms with Crippen LogP contribution in [0.15, 0.2) is 12.2 Å². The van der Waals surface area contributed by atoms with Crippen molar-refractivity contribution in [3.8, 4) is 0 Å². The Morgan fingerprint density at radius 1 is 0.852 bits per heavy atom. The molecule has 310 valence electrons. The number of ether oxygens (including phenoxy) is 5. The minimum absolute atomic E-state index is 0.0104. The summed E-state index contributed by atoms with van der Waals surface area (Å²) >= 11 is 0. The van der Waals surface area contributed by atoms with E-state index in [1.54, 1.807) is 19.1 Å². The number of hydrogen-bond donors (Lipinski definition) is 4. The Labute approximate surface area is 323 Å². The van der Waals surface area contributed by atoms with E-state index in [-0.39, 0.29) is 47.8 Å². The van der Waals surface area contributed by atoms with Gasteiger partial charge in [-0.15, -0.1) is 0 Å². The predicted octanol–water partition coefficient (Wildman–Crippen LogP) is 6.43. The molecular formula is C43H72O11. The van der Waals surface area contributed by atoms with Crippen molar-refractivity contribution in [1.82, 2.24) is 0 Å². The quantitative estimate of drug-likeness (QED) is 0.162. The summed E-state index contributed by atoms with van der Waals surface area (Å²) in [4.78, 5) is 26.6. The number of hydrogen-bond acceptors (Lipinski definition) is 10. The van der Waals surface area contributed by atoms with Crippen LogP contribution in [0.25, 0.3) is 0 Å². The highest BCUT2D eigenvalue weighted by Gasteiger charge is 2.63. The SMILES string of the molecule is CC[C@H](C(=O)[C@@H](C)[C@@H](O)[C@H](C)[C@@H]1O[C@@H]([C@@H](CC)C(=O)O)[C@@H](C)C[C@@H]1C)[C@H]1O[C@]2(C=C[C@@H](O)[C@]3(CC[C@@](C)([C@H]4CC[C@](O)(CC)[C@H](C)O4)O3)O2)[C@H](C)C[C@@H]1C. The van der Waals surface area contributed by atoms with Crippen molar-refractivity contribution in [1.29, 1.82) is 0 Å². The normalized spacial score (nSPS) is 46.9. The first-order valence-electron chi connectivity index (χ1n) is 21.1. The molecular weight excluding hydrogens is 692 g/mol. The standard InChI is InChI=1S/C43H72O11/c1-12-30(35(46)27(8)34(45)28(9)36-23(4)21-24(5)37(51-36)31(13-2)39(47)48)38-25(6)22-26(7)42(52-38)18-15-32(44)43(54-42)20-19-40(11,53-43)33-16-17-41(49,14-3)29(10)50-33/h15,18,23-34,36-38,44-45,49H,12-14,16-17,19-22H2,1-11H3,(H,47,48)/t23-,24-,25-,26+,27-,28-,29-,30+,31+,32+,33+,34+,36+,37+,38-,40-,41+,42-,43-/m0/s1. The van der Waals surface area contributed by atoms with Gasteiger partial charge in [-0.1, -0.05) is 62.3 Å². The molecule has 4 fully saturated rings. The number of aliphatic hydroxyl groups is 3. The Bertz CT molecular complexity index is 1360. The summed E-state index contributed by atoms with van der Waals surface area (Å²) in [5.74, 6) is -5.80. The van der Waals surface area contributed by atoms with Gasteiger partial charge in [0, 0.05) is 30.1 Å². The van der Waals surface area contributed by atoms with Gasteiger partial charge in [-0.2, -0.15) is 0 Å². The Morgan fingerprint density at radius 3 is 2.07 bits per heavy atom. The molecule has 11 heteroatoms. The molecule has 4 N–H and O–H groups in total. The highest BCUT2D eigenvalue weighted by molar-refractivity contribution is 5.84. The van der Waals surface area contributed by atoms with E-state index in [9.17, 15) is 30.0 Å². The van der Waals surface area contributed by atoms with Crippen LogP contribution in [0.2, 0.25) is 0 Å². The third kappa shape index (κ3) is 7.88. The van der Waals surface area contributed by atoms with Gasteiger partial charge in [0.1, 0.15) is 11.9 Å². The molecule has 0 aromatic rings. The van der Waals surface area contributed by atoms with Crippen molar-refractivity contribution in [2.45, 2.75) is 199 Å². The molecule has 0 aromatic carbocycles. The average Bonchev–Trinajstić information content (AvgIpc) is 3.47. The third-order valence-electron chi connectivity index (χ3n) is 14.8. The molecule has 0 radical (unpaired) electrons. The molecule has 19 atom stereocenters. The van der Waals surface area contributed by atoms with Crippen molar-refractivity contribution in [3.05, 3.63) is 12.2 Å². The number of carbonyl (C=O) groups excluding carboxylic acids is 1. The van der Waals surface area contributed by atoms with Crippen LogP contribution in [0.1, 0.15) is 134 Å². The summed E-state index contributed by atoms with van der Waals surface area (Å²) in [6, 6.07) is 0. The van der Waals surface area contributed by atoms with Gasteiger partial charge < -0.3 is 44.1 Å². The van der Waals surface area contributed by atoms with Gasteiger partial charge in [0.2, 0.25) is 5.79 Å². The Morgan fingerprint density at radius 2 is 1.48 bits per heavy atom. The highest BCUT2D eigenvalue weighted by Crippen LogP contribution is 2.54. The van der Waals surface area contributed by atoms with E-state index >= 15 is 0 Å². The molecule has 54 heavy (non-hydrogen) atoms. The summed E-state index contributed by atoms with van der Waals surface area (Å²) in [5, 5.41) is 44.2. The van der Waals surface area contributed by atoms with E-state index in [1.807, 2.05) is 48.5 Å². The van der Waals surface area contributed by atoms with E-state index < -0.39 is 76.8 Å². The molecule has 2 spiro atoms. The highest BCUT2D eigenvalue weighted by atomic mass is 16.8. The molecule has 0 amide bonds. The van der Waals surface area contributed by atoms with Crippen molar-refractivity contribution >= 4 is 11.8 Å². The lowest BCUT2D eigenvalue weighted by Gasteiger charge is -2.54. The summed E-state index contributed by atoms with van der Waals surface area (Å²) in [6.07, 6.45) is 4.75. The predicted molar refractivity (Wildman–Crippen MR) is 203 cm³/mol. The molecule has 5 aliphatic heterocycles. The van der Waals surface area contributed by atoms with Crippen molar-refractivity contribution in [3.63, 3.8) is 0 Å². The first kappa shape index (κ1) is 43.7. The summed E-state index contributed by atoms with van der Waals surface area (Å²) in [7, 11) is 0. The number of ketones is 1. The molecule has 0 aromatic heterocycles. The van der Waals surface area contributed by atoms with Crippen LogP contribution in [0.4, 0.5) is 0 Å². The number of aliphatic hydroxyl groups excluding tert-OH is 2. The van der Waals surface area contributed by atoms with Crippen molar-refractivity contribution in [2.24, 2.45) is 47.3 Å². The molecule has 4 saturated heterocycles. The van der Waals surface area contributed by atoms with Gasteiger partial charge in [0.05, 0.1) is 53.7 Å². The maximum absolute atomic E-state index is 14.5. The fraction of sp³-hybridized carbons (Fsp3) is 0.907. The first-order chi connectivity index (χ1) is 25.2. The molecule has 0 bridgehead atoms. The maximum atomic E-state index is 14.5. The van der Waals surface area contributed by atoms with Crippen molar-refractivity contribution in [2.75, 3.05) is 0 Å². The molecule has 0 unspecified atom stereocenters. The van der Waals surface area contributed by atoms with Crippen LogP contribution >= 0.6 is 0 Å². The largest absolute Gasteiger partial charge is 0.481 e. The van der Waals surface area contributed by atoms with Gasteiger partial charge in [0.15, 0.2) is 5.79 Å². The Hall–Kier alpha value is -1.44. The number of aliphatic carboxylic acids is 1. The van der Waals surface area contributed by atoms with E-state index in [1.165, 1.54) is 0 Å². The van der Waals surface area contributed by atoms with Gasteiger partial charge in [-0.05, 0) is 95.1 Å². The maximum Gasteiger partial charge on any atom is 0.309 e. The van der Waals surface area contributed by atoms with E-state index in [4.69, 9.17) is 23.7 Å². The molecule has 5 aliphatic rings. The lowest BCUT2D eigenvalue weighted by atomic mass is 9.72. The second-order valence-electron chi connectivity index (χ2n) is 18.5. The average molecular weight is 765 g/mol. The Balaban J connectivity index is 1.32. The lowest BCUT2D eigenvalue weighted by molar-refractivity contribution is -0.409. The number of carboxylic acid groups (broad SMARTS) is 1. The summed E-state index contributed by atoms with van der Waals surface area (Å²) in [5.41, 5.74) is -1.63. The molecule has 5 rings (SSSR count). The van der Waals surface area contributed by atoms with Gasteiger partial charge in [-0.3, -0.25) is 9.59 Å². The summed E-state index contributed by atoms with van der Waals surface area (Å²) < 4.78 is 33.6. The second-order valence-corrected chi connectivity index (χ2v) is 18.5. The number of carbonyl (C=O) groups is 2.